The van der Waals surface area contributed by atoms with Crippen molar-refractivity contribution in [3.63, 3.8) is 0 Å². The number of hydrogen-bond donors (Lipinski definition) is 1. The number of amides is 1. The molecule has 100 valence electrons. The topological polar surface area (TPSA) is 64.6 Å². The van der Waals surface area contributed by atoms with E-state index in [4.69, 9.17) is 4.74 Å². The zero-order chi connectivity index (χ0) is 13.6. The SMILES string of the molecule is CCC(F)NC(=O)OC(C)OC(=O)C(C)(C)C. The molecular formula is C11H20FNO4. The van der Waals surface area contributed by atoms with Crippen molar-refractivity contribution in [2.75, 3.05) is 0 Å². The summed E-state index contributed by atoms with van der Waals surface area (Å²) in [4.78, 5) is 22.5. The molecule has 0 aromatic heterocycles. The van der Waals surface area contributed by atoms with E-state index in [2.05, 4.69) is 4.74 Å². The summed E-state index contributed by atoms with van der Waals surface area (Å²) >= 11 is 0. The second-order valence-electron chi connectivity index (χ2n) is 4.65. The number of nitrogens with one attached hydrogen (secondary N) is 1. The average Bonchev–Trinajstić information content (AvgIpc) is 2.15. The Labute approximate surface area is 101 Å². The van der Waals surface area contributed by atoms with Gasteiger partial charge in [-0.05, 0) is 27.2 Å². The van der Waals surface area contributed by atoms with Gasteiger partial charge in [0.1, 0.15) is 0 Å². The van der Waals surface area contributed by atoms with E-state index < -0.39 is 30.1 Å². The number of carbonyl (C=O) groups excluding carboxylic acids is 2. The van der Waals surface area contributed by atoms with Crippen LogP contribution in [-0.4, -0.2) is 24.6 Å². The van der Waals surface area contributed by atoms with Gasteiger partial charge in [-0.2, -0.15) is 0 Å². The number of ether oxygens (including phenoxy) is 2. The van der Waals surface area contributed by atoms with Crippen LogP contribution in [0.5, 0.6) is 0 Å². The average molecular weight is 249 g/mol. The number of esters is 1. The molecule has 1 N–H and O–H groups in total. The third kappa shape index (κ3) is 6.76. The van der Waals surface area contributed by atoms with Crippen LogP contribution < -0.4 is 5.32 Å². The van der Waals surface area contributed by atoms with Crippen molar-refractivity contribution < 1.29 is 23.5 Å². The molecule has 0 bridgehead atoms. The highest BCUT2D eigenvalue weighted by Gasteiger charge is 2.26. The summed E-state index contributed by atoms with van der Waals surface area (Å²) in [5.41, 5.74) is -0.680. The number of hydrogen-bond acceptors (Lipinski definition) is 4. The fraction of sp³-hybridized carbons (Fsp3) is 0.818. The molecule has 0 aliphatic carbocycles. The summed E-state index contributed by atoms with van der Waals surface area (Å²) < 4.78 is 22.3. The van der Waals surface area contributed by atoms with Crippen LogP contribution >= 0.6 is 0 Å². The van der Waals surface area contributed by atoms with Gasteiger partial charge in [0.25, 0.3) is 0 Å². The van der Waals surface area contributed by atoms with Crippen molar-refractivity contribution >= 4 is 12.1 Å². The Kier molecular flexibility index (Phi) is 5.91. The van der Waals surface area contributed by atoms with Gasteiger partial charge in [-0.3, -0.25) is 10.1 Å². The van der Waals surface area contributed by atoms with E-state index in [9.17, 15) is 14.0 Å². The van der Waals surface area contributed by atoms with Crippen LogP contribution in [-0.2, 0) is 14.3 Å². The first-order valence-corrected chi connectivity index (χ1v) is 5.49. The molecule has 17 heavy (non-hydrogen) atoms. The summed E-state index contributed by atoms with van der Waals surface area (Å²) in [6.07, 6.45) is -3.32. The Balaban J connectivity index is 4.06. The van der Waals surface area contributed by atoms with Crippen molar-refractivity contribution in [1.82, 2.24) is 5.32 Å². The Morgan fingerprint density at radius 2 is 1.82 bits per heavy atom. The van der Waals surface area contributed by atoms with Crippen molar-refractivity contribution in [1.29, 1.82) is 0 Å². The molecule has 0 saturated carbocycles. The zero-order valence-electron chi connectivity index (χ0n) is 10.9. The molecule has 0 aliphatic rings. The second kappa shape index (κ2) is 6.42. The van der Waals surface area contributed by atoms with E-state index in [0.29, 0.717) is 0 Å². The molecule has 0 aromatic carbocycles. The summed E-state index contributed by atoms with van der Waals surface area (Å²) in [6, 6.07) is 0. The highest BCUT2D eigenvalue weighted by Crippen LogP contribution is 2.16. The molecule has 2 atom stereocenters. The first-order chi connectivity index (χ1) is 7.66. The van der Waals surface area contributed by atoms with Crippen LogP contribution in [0.2, 0.25) is 0 Å². The van der Waals surface area contributed by atoms with Crippen LogP contribution in [0.4, 0.5) is 9.18 Å². The molecule has 0 aliphatic heterocycles. The minimum Gasteiger partial charge on any atom is -0.425 e. The maximum absolute atomic E-state index is 12.8. The maximum Gasteiger partial charge on any atom is 0.412 e. The Bertz CT molecular complexity index is 275. The molecule has 0 aromatic rings. The van der Waals surface area contributed by atoms with Gasteiger partial charge in [-0.1, -0.05) is 6.92 Å². The first kappa shape index (κ1) is 15.7. The number of alkyl halides is 1. The molecule has 0 saturated heterocycles. The molecule has 0 heterocycles. The highest BCUT2D eigenvalue weighted by molar-refractivity contribution is 5.75. The summed E-state index contributed by atoms with van der Waals surface area (Å²) in [7, 11) is 0. The van der Waals surface area contributed by atoms with Gasteiger partial charge in [-0.25, -0.2) is 9.18 Å². The predicted molar refractivity (Wildman–Crippen MR) is 59.8 cm³/mol. The van der Waals surface area contributed by atoms with Crippen molar-refractivity contribution in [2.45, 2.75) is 53.6 Å². The Morgan fingerprint density at radius 3 is 2.24 bits per heavy atom. The summed E-state index contributed by atoms with van der Waals surface area (Å²) in [6.45, 7) is 8.00. The van der Waals surface area contributed by atoms with Crippen molar-refractivity contribution in [3.05, 3.63) is 0 Å². The molecule has 0 rings (SSSR count). The van der Waals surface area contributed by atoms with E-state index in [1.807, 2.05) is 5.32 Å². The minimum atomic E-state index is -1.46. The molecule has 1 amide bonds. The lowest BCUT2D eigenvalue weighted by atomic mass is 9.97. The van der Waals surface area contributed by atoms with Crippen LogP contribution in [0.1, 0.15) is 41.0 Å². The number of carbonyl (C=O) groups is 2. The van der Waals surface area contributed by atoms with Gasteiger partial charge in [0, 0.05) is 6.92 Å². The molecule has 5 nitrogen and oxygen atoms in total. The summed E-state index contributed by atoms with van der Waals surface area (Å²) in [5, 5.41) is 1.95. The van der Waals surface area contributed by atoms with E-state index >= 15 is 0 Å². The van der Waals surface area contributed by atoms with Crippen molar-refractivity contribution in [3.8, 4) is 0 Å². The maximum atomic E-state index is 12.8. The van der Waals surface area contributed by atoms with E-state index in [0.717, 1.165) is 0 Å². The Hall–Kier alpha value is -1.33. The normalized spacial score (nSPS) is 14.7. The largest absolute Gasteiger partial charge is 0.425 e. The number of halogens is 1. The van der Waals surface area contributed by atoms with Gasteiger partial charge < -0.3 is 9.47 Å². The van der Waals surface area contributed by atoms with Crippen LogP contribution in [0.15, 0.2) is 0 Å². The first-order valence-electron chi connectivity index (χ1n) is 5.49. The van der Waals surface area contributed by atoms with Crippen LogP contribution in [0.25, 0.3) is 0 Å². The lowest BCUT2D eigenvalue weighted by Crippen LogP contribution is -2.36. The fourth-order valence-corrected chi connectivity index (χ4v) is 0.766. The molecule has 0 fully saturated rings. The predicted octanol–water partition coefficient (Wildman–Crippen LogP) is 2.35. The standard InChI is InChI=1S/C11H20FNO4/c1-6-8(12)13-10(15)17-7(2)16-9(14)11(3,4)5/h7-8H,6H2,1-5H3,(H,13,15). The van der Waals surface area contributed by atoms with E-state index in [1.165, 1.54) is 6.92 Å². The third-order valence-electron chi connectivity index (χ3n) is 1.79. The third-order valence-corrected chi connectivity index (χ3v) is 1.79. The van der Waals surface area contributed by atoms with Crippen LogP contribution in [0, 0.1) is 5.41 Å². The van der Waals surface area contributed by atoms with Gasteiger partial charge in [0.15, 0.2) is 6.30 Å². The Morgan fingerprint density at radius 1 is 1.29 bits per heavy atom. The summed E-state index contributed by atoms with van der Waals surface area (Å²) in [5.74, 6) is -0.495. The van der Waals surface area contributed by atoms with E-state index in [1.54, 1.807) is 27.7 Å². The smallest absolute Gasteiger partial charge is 0.412 e. The lowest BCUT2D eigenvalue weighted by molar-refractivity contribution is -0.174. The number of rotatable bonds is 4. The second-order valence-corrected chi connectivity index (χ2v) is 4.65. The molecule has 0 radical (unpaired) electrons. The lowest BCUT2D eigenvalue weighted by Gasteiger charge is -2.21. The van der Waals surface area contributed by atoms with Gasteiger partial charge in [0.2, 0.25) is 6.29 Å². The fourth-order valence-electron chi connectivity index (χ4n) is 0.766. The van der Waals surface area contributed by atoms with Gasteiger partial charge >= 0.3 is 12.1 Å². The molecular weight excluding hydrogens is 229 g/mol. The highest BCUT2D eigenvalue weighted by atomic mass is 19.1. The van der Waals surface area contributed by atoms with Gasteiger partial charge in [0.05, 0.1) is 5.41 Å². The van der Waals surface area contributed by atoms with Crippen LogP contribution in [0.3, 0.4) is 0 Å². The van der Waals surface area contributed by atoms with E-state index in [-0.39, 0.29) is 6.42 Å². The number of alkyl carbamates (subject to hydrolysis) is 1. The quantitative estimate of drug-likeness (QED) is 0.472. The van der Waals surface area contributed by atoms with Crippen molar-refractivity contribution in [2.24, 2.45) is 5.41 Å². The van der Waals surface area contributed by atoms with Gasteiger partial charge in [-0.15, -0.1) is 0 Å². The minimum absolute atomic E-state index is 0.144. The zero-order valence-corrected chi connectivity index (χ0v) is 10.9. The molecule has 2 unspecified atom stereocenters. The monoisotopic (exact) mass is 249 g/mol. The molecule has 6 heteroatoms. The molecule has 0 spiro atoms.